The summed E-state index contributed by atoms with van der Waals surface area (Å²) in [6.07, 6.45) is 2.76. The number of hydrogen-bond donors (Lipinski definition) is 2. The molecule has 0 aliphatic carbocycles. The van der Waals surface area contributed by atoms with Crippen molar-refractivity contribution in [3.05, 3.63) is 18.1 Å². The van der Waals surface area contributed by atoms with Gasteiger partial charge in [0.1, 0.15) is 12.1 Å². The topological polar surface area (TPSA) is 59.1 Å². The van der Waals surface area contributed by atoms with Crippen LogP contribution in [0.4, 0.5) is 5.82 Å². The molecule has 2 rings (SSSR count). The highest BCUT2D eigenvalue weighted by atomic mass is 16.5. The molecule has 1 aromatic rings. The standard InChI is InChI=1S/C11H18N4O/c1-2-9-5-11(15-8-14-9)13-7-10-6-12-3-4-16-10/h5,8,10,12H,2-4,6-7H2,1H3,(H,13,14,15). The van der Waals surface area contributed by atoms with E-state index in [1.165, 1.54) is 0 Å². The summed E-state index contributed by atoms with van der Waals surface area (Å²) in [5.41, 5.74) is 1.06. The van der Waals surface area contributed by atoms with Crippen LogP contribution in [0.3, 0.4) is 0 Å². The normalized spacial score (nSPS) is 20.7. The molecule has 1 aromatic heterocycles. The van der Waals surface area contributed by atoms with Gasteiger partial charge in [-0.05, 0) is 6.42 Å². The SMILES string of the molecule is CCc1cc(NCC2CNCCO2)ncn1. The monoisotopic (exact) mass is 222 g/mol. The molecule has 0 aromatic carbocycles. The molecule has 2 heterocycles. The summed E-state index contributed by atoms with van der Waals surface area (Å²) in [5.74, 6) is 0.876. The van der Waals surface area contributed by atoms with Crippen molar-refractivity contribution >= 4 is 5.82 Å². The first kappa shape index (κ1) is 11.3. The minimum Gasteiger partial charge on any atom is -0.374 e. The van der Waals surface area contributed by atoms with Crippen LogP contribution in [0.25, 0.3) is 0 Å². The van der Waals surface area contributed by atoms with Gasteiger partial charge in [0.15, 0.2) is 0 Å². The molecule has 5 nitrogen and oxygen atoms in total. The van der Waals surface area contributed by atoms with E-state index in [0.29, 0.717) is 0 Å². The highest BCUT2D eigenvalue weighted by Crippen LogP contribution is 2.05. The van der Waals surface area contributed by atoms with E-state index in [0.717, 1.165) is 44.2 Å². The van der Waals surface area contributed by atoms with Crippen LogP contribution in [0.15, 0.2) is 12.4 Å². The molecule has 2 N–H and O–H groups in total. The molecule has 1 atom stereocenters. The van der Waals surface area contributed by atoms with Crippen LogP contribution in [-0.2, 0) is 11.2 Å². The average molecular weight is 222 g/mol. The summed E-state index contributed by atoms with van der Waals surface area (Å²) in [7, 11) is 0. The number of morpholine rings is 1. The first-order valence-electron chi connectivity index (χ1n) is 5.75. The Balaban J connectivity index is 1.83. The van der Waals surface area contributed by atoms with Gasteiger partial charge in [-0.2, -0.15) is 0 Å². The quantitative estimate of drug-likeness (QED) is 0.774. The van der Waals surface area contributed by atoms with Gasteiger partial charge in [-0.25, -0.2) is 9.97 Å². The Morgan fingerprint density at radius 2 is 2.50 bits per heavy atom. The van der Waals surface area contributed by atoms with E-state index < -0.39 is 0 Å². The minimum atomic E-state index is 0.230. The zero-order valence-corrected chi connectivity index (χ0v) is 9.57. The van der Waals surface area contributed by atoms with E-state index in [1.54, 1.807) is 6.33 Å². The Morgan fingerprint density at radius 3 is 3.25 bits per heavy atom. The third-order valence-corrected chi connectivity index (χ3v) is 2.60. The predicted octanol–water partition coefficient (Wildman–Crippen LogP) is 0.439. The number of aromatic nitrogens is 2. The van der Waals surface area contributed by atoms with Gasteiger partial charge in [0.25, 0.3) is 0 Å². The van der Waals surface area contributed by atoms with Crippen LogP contribution >= 0.6 is 0 Å². The van der Waals surface area contributed by atoms with Crippen molar-refractivity contribution in [2.75, 3.05) is 31.6 Å². The maximum Gasteiger partial charge on any atom is 0.129 e. The molecule has 5 heteroatoms. The van der Waals surface area contributed by atoms with Gasteiger partial charge in [-0.15, -0.1) is 0 Å². The Morgan fingerprint density at radius 1 is 1.56 bits per heavy atom. The first-order chi connectivity index (χ1) is 7.88. The van der Waals surface area contributed by atoms with Crippen molar-refractivity contribution in [2.45, 2.75) is 19.4 Å². The fraction of sp³-hybridized carbons (Fsp3) is 0.636. The van der Waals surface area contributed by atoms with Crippen molar-refractivity contribution in [1.82, 2.24) is 15.3 Å². The lowest BCUT2D eigenvalue weighted by molar-refractivity contribution is 0.0372. The lowest BCUT2D eigenvalue weighted by Gasteiger charge is -2.23. The van der Waals surface area contributed by atoms with Gasteiger partial charge in [-0.1, -0.05) is 6.92 Å². The van der Waals surface area contributed by atoms with Crippen LogP contribution in [-0.4, -0.2) is 42.3 Å². The van der Waals surface area contributed by atoms with Crippen LogP contribution < -0.4 is 10.6 Å². The maximum absolute atomic E-state index is 5.59. The molecule has 88 valence electrons. The third-order valence-electron chi connectivity index (χ3n) is 2.60. The molecule has 0 amide bonds. The van der Waals surface area contributed by atoms with Crippen LogP contribution in [0.1, 0.15) is 12.6 Å². The Labute approximate surface area is 95.6 Å². The Kier molecular flexibility index (Phi) is 4.07. The Bertz CT molecular complexity index is 326. The molecule has 0 saturated carbocycles. The fourth-order valence-electron chi connectivity index (χ4n) is 1.66. The molecule has 0 radical (unpaired) electrons. The van der Waals surface area contributed by atoms with Crippen molar-refractivity contribution < 1.29 is 4.74 Å². The molecule has 1 unspecified atom stereocenters. The molecule has 0 spiro atoms. The zero-order valence-electron chi connectivity index (χ0n) is 9.57. The smallest absolute Gasteiger partial charge is 0.129 e. The number of ether oxygens (including phenoxy) is 1. The van der Waals surface area contributed by atoms with E-state index in [2.05, 4.69) is 27.5 Å². The van der Waals surface area contributed by atoms with Gasteiger partial charge in [-0.3, -0.25) is 0 Å². The molecule has 0 bridgehead atoms. The van der Waals surface area contributed by atoms with Crippen LogP contribution in [0.2, 0.25) is 0 Å². The summed E-state index contributed by atoms with van der Waals surface area (Å²) in [6, 6.07) is 1.98. The second-order valence-corrected chi connectivity index (χ2v) is 3.83. The first-order valence-corrected chi connectivity index (χ1v) is 5.75. The van der Waals surface area contributed by atoms with E-state index in [9.17, 15) is 0 Å². The highest BCUT2D eigenvalue weighted by Gasteiger charge is 2.12. The number of anilines is 1. The summed E-state index contributed by atoms with van der Waals surface area (Å²) < 4.78 is 5.59. The van der Waals surface area contributed by atoms with Crippen molar-refractivity contribution in [1.29, 1.82) is 0 Å². The number of nitrogens with one attached hydrogen (secondary N) is 2. The molecular weight excluding hydrogens is 204 g/mol. The molecular formula is C11H18N4O. The highest BCUT2D eigenvalue weighted by molar-refractivity contribution is 5.34. The van der Waals surface area contributed by atoms with E-state index in [4.69, 9.17) is 4.74 Å². The Hall–Kier alpha value is -1.20. The maximum atomic E-state index is 5.59. The van der Waals surface area contributed by atoms with Crippen LogP contribution in [0, 0.1) is 0 Å². The minimum absolute atomic E-state index is 0.230. The second-order valence-electron chi connectivity index (χ2n) is 3.83. The fourth-order valence-corrected chi connectivity index (χ4v) is 1.66. The number of aryl methyl sites for hydroxylation is 1. The van der Waals surface area contributed by atoms with Gasteiger partial charge in [0.05, 0.1) is 12.7 Å². The van der Waals surface area contributed by atoms with Gasteiger partial charge in [0, 0.05) is 31.4 Å². The second kappa shape index (κ2) is 5.77. The van der Waals surface area contributed by atoms with E-state index >= 15 is 0 Å². The number of rotatable bonds is 4. The largest absolute Gasteiger partial charge is 0.374 e. The lowest BCUT2D eigenvalue weighted by Crippen LogP contribution is -2.42. The zero-order chi connectivity index (χ0) is 11.2. The predicted molar refractivity (Wildman–Crippen MR) is 62.5 cm³/mol. The average Bonchev–Trinajstić information content (AvgIpc) is 2.38. The number of hydrogen-bond acceptors (Lipinski definition) is 5. The third kappa shape index (κ3) is 3.15. The van der Waals surface area contributed by atoms with Crippen molar-refractivity contribution in [3.8, 4) is 0 Å². The molecule has 16 heavy (non-hydrogen) atoms. The van der Waals surface area contributed by atoms with Gasteiger partial charge < -0.3 is 15.4 Å². The van der Waals surface area contributed by atoms with Crippen molar-refractivity contribution in [2.24, 2.45) is 0 Å². The van der Waals surface area contributed by atoms with Gasteiger partial charge in [0.2, 0.25) is 0 Å². The van der Waals surface area contributed by atoms with E-state index in [1.807, 2.05) is 6.07 Å². The summed E-state index contributed by atoms with van der Waals surface area (Å²) >= 11 is 0. The van der Waals surface area contributed by atoms with Crippen molar-refractivity contribution in [3.63, 3.8) is 0 Å². The molecule has 1 aliphatic rings. The molecule has 1 saturated heterocycles. The summed E-state index contributed by atoms with van der Waals surface area (Å²) in [4.78, 5) is 8.33. The lowest BCUT2D eigenvalue weighted by atomic mass is 10.3. The van der Waals surface area contributed by atoms with Crippen LogP contribution in [0.5, 0.6) is 0 Å². The number of nitrogens with zero attached hydrogens (tertiary/aromatic N) is 2. The summed E-state index contributed by atoms with van der Waals surface area (Å²) in [5, 5.41) is 6.57. The molecule has 1 aliphatic heterocycles. The molecule has 1 fully saturated rings. The summed E-state index contributed by atoms with van der Waals surface area (Å²) in [6.45, 7) is 5.51. The van der Waals surface area contributed by atoms with Gasteiger partial charge >= 0.3 is 0 Å². The van der Waals surface area contributed by atoms with E-state index in [-0.39, 0.29) is 6.10 Å².